The molecular weight excluding hydrogens is 360 g/mol. The Balaban J connectivity index is 1.95. The highest BCUT2D eigenvalue weighted by molar-refractivity contribution is 7.89. The summed E-state index contributed by atoms with van der Waals surface area (Å²) in [4.78, 5) is 4.36. The van der Waals surface area contributed by atoms with Gasteiger partial charge in [-0.3, -0.25) is 4.98 Å². The van der Waals surface area contributed by atoms with Crippen LogP contribution in [-0.2, 0) is 14.8 Å². The number of halogens is 1. The van der Waals surface area contributed by atoms with Crippen LogP contribution in [0.4, 0.5) is 0 Å². The fourth-order valence-corrected chi connectivity index (χ4v) is 4.95. The summed E-state index contributed by atoms with van der Waals surface area (Å²) in [5, 5.41) is 0.437. The van der Waals surface area contributed by atoms with Crippen LogP contribution in [0.2, 0.25) is 5.02 Å². The van der Waals surface area contributed by atoms with Crippen molar-refractivity contribution < 1.29 is 13.2 Å². The normalized spacial score (nSPS) is 17.4. The maximum atomic E-state index is 13.0. The van der Waals surface area contributed by atoms with Crippen molar-refractivity contribution in [2.45, 2.75) is 30.7 Å². The van der Waals surface area contributed by atoms with Crippen LogP contribution in [0.15, 0.2) is 47.6 Å². The van der Waals surface area contributed by atoms with Gasteiger partial charge in [0.05, 0.1) is 10.9 Å². The van der Waals surface area contributed by atoms with Gasteiger partial charge < -0.3 is 4.74 Å². The van der Waals surface area contributed by atoms with Gasteiger partial charge in [-0.2, -0.15) is 0 Å². The first-order valence-electron chi connectivity index (χ1n) is 8.24. The number of rotatable bonds is 5. The van der Waals surface area contributed by atoms with Crippen molar-refractivity contribution in [2.75, 3.05) is 13.2 Å². The van der Waals surface area contributed by atoms with Crippen molar-refractivity contribution in [1.82, 2.24) is 9.71 Å². The highest BCUT2D eigenvalue weighted by Gasteiger charge is 2.30. The van der Waals surface area contributed by atoms with Crippen LogP contribution in [0, 0.1) is 12.8 Å². The quantitative estimate of drug-likeness (QED) is 0.862. The molecule has 1 saturated heterocycles. The monoisotopic (exact) mass is 380 g/mol. The molecule has 3 rings (SSSR count). The molecule has 1 aromatic carbocycles. The van der Waals surface area contributed by atoms with E-state index >= 15 is 0 Å². The lowest BCUT2D eigenvalue weighted by Gasteiger charge is -2.31. The Morgan fingerprint density at radius 1 is 1.24 bits per heavy atom. The van der Waals surface area contributed by atoms with Gasteiger partial charge in [-0.1, -0.05) is 23.7 Å². The Morgan fingerprint density at radius 2 is 2.00 bits per heavy atom. The van der Waals surface area contributed by atoms with E-state index in [0.717, 1.165) is 18.4 Å². The number of ether oxygens (including phenoxy) is 1. The Bertz CT molecular complexity index is 821. The van der Waals surface area contributed by atoms with Gasteiger partial charge in [-0.05, 0) is 55.0 Å². The predicted octanol–water partition coefficient (Wildman–Crippen LogP) is 3.49. The lowest BCUT2D eigenvalue weighted by molar-refractivity contribution is 0.0564. The van der Waals surface area contributed by atoms with Gasteiger partial charge in [0.25, 0.3) is 0 Å². The van der Waals surface area contributed by atoms with Crippen LogP contribution < -0.4 is 4.72 Å². The van der Waals surface area contributed by atoms with Gasteiger partial charge in [-0.25, -0.2) is 13.1 Å². The van der Waals surface area contributed by atoms with E-state index in [0.29, 0.717) is 23.8 Å². The van der Waals surface area contributed by atoms with Crippen molar-refractivity contribution in [2.24, 2.45) is 5.92 Å². The molecular formula is C18H21ClN2O3S. The SMILES string of the molecule is Cc1c(Cl)cccc1S(=O)(=O)NC(c1cccnc1)C1CCOCC1. The van der Waals surface area contributed by atoms with Gasteiger partial charge in [0.1, 0.15) is 0 Å². The number of sulfonamides is 1. The van der Waals surface area contributed by atoms with E-state index in [-0.39, 0.29) is 16.9 Å². The summed E-state index contributed by atoms with van der Waals surface area (Å²) < 4.78 is 34.3. The van der Waals surface area contributed by atoms with E-state index in [1.807, 2.05) is 12.1 Å². The Morgan fingerprint density at radius 3 is 2.68 bits per heavy atom. The summed E-state index contributed by atoms with van der Waals surface area (Å²) in [6.45, 7) is 2.99. The second kappa shape index (κ2) is 7.83. The highest BCUT2D eigenvalue weighted by atomic mass is 35.5. The fourth-order valence-electron chi connectivity index (χ4n) is 3.15. The molecule has 1 unspecified atom stereocenters. The summed E-state index contributed by atoms with van der Waals surface area (Å²) in [7, 11) is -3.71. The van der Waals surface area contributed by atoms with Crippen molar-refractivity contribution in [3.05, 3.63) is 58.9 Å². The smallest absolute Gasteiger partial charge is 0.241 e. The second-order valence-electron chi connectivity index (χ2n) is 6.20. The molecule has 1 aliphatic rings. The topological polar surface area (TPSA) is 68.3 Å². The molecule has 1 aromatic heterocycles. The average molecular weight is 381 g/mol. The Hall–Kier alpha value is -1.47. The number of hydrogen-bond donors (Lipinski definition) is 1. The minimum absolute atomic E-state index is 0.159. The molecule has 1 atom stereocenters. The zero-order chi connectivity index (χ0) is 17.9. The molecule has 7 heteroatoms. The fraction of sp³-hybridized carbons (Fsp3) is 0.389. The summed E-state index contributed by atoms with van der Waals surface area (Å²) in [6, 6.07) is 8.29. The lowest BCUT2D eigenvalue weighted by atomic mass is 9.88. The zero-order valence-electron chi connectivity index (χ0n) is 14.0. The van der Waals surface area contributed by atoms with E-state index in [1.54, 1.807) is 37.5 Å². The van der Waals surface area contributed by atoms with Gasteiger partial charge in [0.15, 0.2) is 0 Å². The maximum absolute atomic E-state index is 13.0. The Kier molecular flexibility index (Phi) is 5.74. The summed E-state index contributed by atoms with van der Waals surface area (Å²) in [5.41, 5.74) is 1.41. The third kappa shape index (κ3) is 4.20. The van der Waals surface area contributed by atoms with Crippen molar-refractivity contribution >= 4 is 21.6 Å². The summed E-state index contributed by atoms with van der Waals surface area (Å²) >= 11 is 6.10. The molecule has 2 heterocycles. The van der Waals surface area contributed by atoms with Crippen LogP contribution in [0.3, 0.4) is 0 Å². The molecule has 1 fully saturated rings. The molecule has 25 heavy (non-hydrogen) atoms. The maximum Gasteiger partial charge on any atom is 0.241 e. The van der Waals surface area contributed by atoms with E-state index in [1.165, 1.54) is 0 Å². The average Bonchev–Trinajstić information content (AvgIpc) is 2.63. The van der Waals surface area contributed by atoms with Crippen LogP contribution in [-0.4, -0.2) is 26.6 Å². The molecule has 0 spiro atoms. The number of benzene rings is 1. The third-order valence-corrected chi connectivity index (χ3v) is 6.57. The first-order chi connectivity index (χ1) is 12.0. The molecule has 1 N–H and O–H groups in total. The zero-order valence-corrected chi connectivity index (χ0v) is 15.6. The van der Waals surface area contributed by atoms with Gasteiger partial charge >= 0.3 is 0 Å². The molecule has 0 aliphatic carbocycles. The number of aromatic nitrogens is 1. The number of nitrogens with one attached hydrogen (secondary N) is 1. The predicted molar refractivity (Wildman–Crippen MR) is 97.0 cm³/mol. The number of hydrogen-bond acceptors (Lipinski definition) is 4. The highest BCUT2D eigenvalue weighted by Crippen LogP contribution is 2.32. The van der Waals surface area contributed by atoms with Crippen LogP contribution >= 0.6 is 11.6 Å². The first kappa shape index (κ1) is 18.3. The van der Waals surface area contributed by atoms with Crippen LogP contribution in [0.5, 0.6) is 0 Å². The van der Waals surface area contributed by atoms with E-state index in [2.05, 4.69) is 9.71 Å². The standard InChI is InChI=1S/C18H21ClN2O3S/c1-13-16(19)5-2-6-17(13)25(22,23)21-18(14-7-10-24-11-8-14)15-4-3-9-20-12-15/h2-6,9,12,14,18,21H,7-8,10-11H2,1H3. The number of pyridine rings is 1. The summed E-state index contributed by atoms with van der Waals surface area (Å²) in [5.74, 6) is 0.159. The lowest BCUT2D eigenvalue weighted by Crippen LogP contribution is -2.36. The van der Waals surface area contributed by atoms with E-state index in [9.17, 15) is 8.42 Å². The van der Waals surface area contributed by atoms with Gasteiger partial charge in [-0.15, -0.1) is 0 Å². The van der Waals surface area contributed by atoms with Crippen LogP contribution in [0.25, 0.3) is 0 Å². The van der Waals surface area contributed by atoms with Crippen molar-refractivity contribution in [1.29, 1.82) is 0 Å². The molecule has 0 saturated carbocycles. The molecule has 134 valence electrons. The summed E-state index contributed by atoms with van der Waals surface area (Å²) in [6.07, 6.45) is 5.00. The largest absolute Gasteiger partial charge is 0.381 e. The molecule has 2 aromatic rings. The molecule has 0 radical (unpaired) electrons. The van der Waals surface area contributed by atoms with Gasteiger partial charge in [0, 0.05) is 30.6 Å². The van der Waals surface area contributed by atoms with E-state index < -0.39 is 10.0 Å². The van der Waals surface area contributed by atoms with Crippen molar-refractivity contribution in [3.63, 3.8) is 0 Å². The minimum atomic E-state index is -3.71. The van der Waals surface area contributed by atoms with Crippen molar-refractivity contribution in [3.8, 4) is 0 Å². The molecule has 1 aliphatic heterocycles. The van der Waals surface area contributed by atoms with Crippen LogP contribution in [0.1, 0.15) is 30.0 Å². The first-order valence-corrected chi connectivity index (χ1v) is 10.1. The minimum Gasteiger partial charge on any atom is -0.381 e. The molecule has 0 bridgehead atoms. The van der Waals surface area contributed by atoms with E-state index in [4.69, 9.17) is 16.3 Å². The second-order valence-corrected chi connectivity index (χ2v) is 8.29. The van der Waals surface area contributed by atoms with Gasteiger partial charge in [0.2, 0.25) is 10.0 Å². The number of nitrogens with zero attached hydrogens (tertiary/aromatic N) is 1. The Labute approximate surface area is 153 Å². The molecule has 0 amide bonds. The third-order valence-electron chi connectivity index (χ3n) is 4.57. The molecule has 5 nitrogen and oxygen atoms in total.